The van der Waals surface area contributed by atoms with Gasteiger partial charge in [-0.15, -0.1) is 35.3 Å². The third-order valence-electron chi connectivity index (χ3n) is 22.4. The topological polar surface area (TPSA) is 313 Å². The third kappa shape index (κ3) is 21.7. The van der Waals surface area contributed by atoms with E-state index in [1.807, 2.05) is 9.13 Å². The summed E-state index contributed by atoms with van der Waals surface area (Å²) in [6.07, 6.45) is 12.5. The maximum absolute atomic E-state index is 12.5. The molecule has 0 atom stereocenters. The number of likely N-dealkylation sites (N-methyl/N-ethyl adjacent to an activating group) is 1. The van der Waals surface area contributed by atoms with Gasteiger partial charge in [0.05, 0.1) is 67.0 Å². The monoisotopic (exact) mass is 1840 g/mol. The number of piperazine rings is 2. The number of thioether (sulfide) groups is 3. The predicted molar refractivity (Wildman–Crippen MR) is 503 cm³/mol. The smallest absolute Gasteiger partial charge is 0.330 e. The van der Waals surface area contributed by atoms with Crippen LogP contribution < -0.4 is 39.5 Å². The Kier molecular flexibility index (Phi) is 33.6. The molecule has 662 valence electrons. The van der Waals surface area contributed by atoms with E-state index in [9.17, 15) is 33.6 Å². The molecule has 16 rings (SSSR count). The van der Waals surface area contributed by atoms with Crippen molar-refractivity contribution in [2.24, 2.45) is 98.4 Å². The molecule has 0 aromatic carbocycles. The molecule has 0 bridgehead atoms. The molecule has 3 saturated heterocycles. The zero-order chi connectivity index (χ0) is 88.2. The Balaban J connectivity index is 0.000000144. The van der Waals surface area contributed by atoms with Gasteiger partial charge in [0, 0.05) is 242 Å². The van der Waals surface area contributed by atoms with Gasteiger partial charge in [-0.25, -0.2) is 58.7 Å². The molecule has 44 heteroatoms. The van der Waals surface area contributed by atoms with Crippen molar-refractivity contribution in [2.75, 3.05) is 136 Å². The first-order chi connectivity index (χ1) is 58.3. The van der Waals surface area contributed by atoms with Crippen LogP contribution in [0.5, 0.6) is 0 Å². The van der Waals surface area contributed by atoms with Crippen molar-refractivity contribution in [1.29, 1.82) is 0 Å². The van der Waals surface area contributed by atoms with E-state index in [0.29, 0.717) is 75.7 Å². The number of unbranched alkanes of at least 4 members (excludes halogenated alkanes) is 1. The van der Waals surface area contributed by atoms with Crippen LogP contribution in [-0.2, 0) is 137 Å². The Hall–Kier alpha value is -7.54. The molecule has 9 aromatic heterocycles. The number of ether oxygens (including phenoxy) is 2. The highest BCUT2D eigenvalue weighted by Crippen LogP contribution is 2.34. The molecule has 0 unspecified atom stereocenters. The van der Waals surface area contributed by atoms with Crippen LogP contribution in [0.4, 0.5) is 17.5 Å². The average molecular weight is 1850 g/mol. The largest absolute Gasteiger partial charge is 0.383 e. The van der Waals surface area contributed by atoms with Gasteiger partial charge >= 0.3 is 34.1 Å². The first kappa shape index (κ1) is 95.1. The van der Waals surface area contributed by atoms with Gasteiger partial charge in [0.2, 0.25) is 0 Å². The van der Waals surface area contributed by atoms with Gasteiger partial charge < -0.3 is 33.4 Å². The number of aliphatic imine (C=N–C) groups is 3. The summed E-state index contributed by atoms with van der Waals surface area (Å²) in [5, 5.41) is 6.53. The lowest BCUT2D eigenvalue weighted by Gasteiger charge is -2.32. The normalized spacial score (nSPS) is 15.9. The minimum Gasteiger partial charge on any atom is -0.383 e. The molecule has 0 radical (unpaired) electrons. The lowest BCUT2D eigenvalue weighted by Crippen LogP contribution is -2.45. The van der Waals surface area contributed by atoms with Crippen molar-refractivity contribution in [2.45, 2.75) is 91.4 Å². The number of carbonyl (C=O) groups is 1. The lowest BCUT2D eigenvalue weighted by molar-refractivity contribution is -0.120. The molecule has 0 amide bonds. The van der Waals surface area contributed by atoms with Crippen LogP contribution >= 0.6 is 109 Å². The summed E-state index contributed by atoms with van der Waals surface area (Å²) < 4.78 is 37.9. The zero-order valence-electron chi connectivity index (χ0n) is 72.3. The maximum Gasteiger partial charge on any atom is 0.330 e. The zero-order valence-corrected chi connectivity index (χ0v) is 79.6. The second-order valence-corrected chi connectivity index (χ2v) is 36.7. The number of fused-ring (bicyclic) bond motifs is 6. The number of nitrogens with one attached hydrogen (secondary N) is 1. The fraction of sp³-hybridized carbons (Fsp3) is 0.603. The van der Waals surface area contributed by atoms with E-state index >= 15 is 0 Å². The standard InChI is InChI=1S/C16H24N4O3S2.C15H23N5OS2.C14H21N5OS2.C12H14N4O2S.C11H16N4OS.C10H14N4OS/c1-18-15(24)12-11-13(25-10-6-19-3-8-23-9-4-19)17-14(12)20(16(18)21)5-7-22-2;1-17-4-6-20(7-5-17)8-9-23-12-10-11-13(16-12)18(2)15(21)19(3)14(11)22;1-17-12-10(13(21)18(2)14(17)20)9-11(16-12)22-8-7-19-5-3-15-4-6-19;1-14-10-9(11(19)15(2)12(14)18)16(6-13-10)5-8(17)7-3-4-7;1-4-5-6-15-7-12-9-8(15)10(17)14(3)11(16)13(9)2;1-4-5-14-6-11-8-7(14)9(16)13(3)10(15)12(8)2/h3-11H2,1-2H3;4-10H2,1-3H3;15H,3-9H2,1-2H3;6-7H,3-5H2,1-2H3;7H,4-6H2,1-3H3;6H,4-5H2,1-3H3. The molecule has 35 nitrogen and oxygen atoms in total. The molecule has 1 N–H and O–H groups in total. The van der Waals surface area contributed by atoms with Crippen LogP contribution in [0.1, 0.15) is 62.6 Å². The average Bonchev–Trinajstić information content (AvgIpc) is 1.62. The summed E-state index contributed by atoms with van der Waals surface area (Å²) in [5.74, 6) is 5.63. The predicted octanol–water partition coefficient (Wildman–Crippen LogP) is 6.51. The van der Waals surface area contributed by atoms with Crippen molar-refractivity contribution in [3.8, 4) is 0 Å². The van der Waals surface area contributed by atoms with E-state index in [4.69, 9.17) is 87.8 Å². The molecule has 1 aliphatic carbocycles. The minimum atomic E-state index is -0.212. The van der Waals surface area contributed by atoms with E-state index in [1.165, 1.54) is 41.1 Å². The second kappa shape index (κ2) is 43.1. The van der Waals surface area contributed by atoms with E-state index in [0.717, 1.165) is 228 Å². The molecule has 4 fully saturated rings. The summed E-state index contributed by atoms with van der Waals surface area (Å²) in [7, 11) is 22.6. The van der Waals surface area contributed by atoms with Crippen LogP contribution in [0.2, 0.25) is 0 Å². The van der Waals surface area contributed by atoms with Crippen molar-refractivity contribution in [1.82, 2.24) is 108 Å². The van der Waals surface area contributed by atoms with E-state index in [1.54, 1.807) is 157 Å². The summed E-state index contributed by atoms with van der Waals surface area (Å²) >= 11 is 37.5. The lowest BCUT2D eigenvalue weighted by atomic mass is 10.2. The Morgan fingerprint density at radius 2 is 0.803 bits per heavy atom. The van der Waals surface area contributed by atoms with Crippen LogP contribution in [-0.4, -0.2) is 260 Å². The molecular formula is C78H112N26O9S9. The number of nitrogens with zero attached hydrogens (tertiary/aromatic N) is 25. The summed E-state index contributed by atoms with van der Waals surface area (Å²) in [6, 6.07) is 0. The molecule has 0 spiro atoms. The number of imidazole rings is 3. The van der Waals surface area contributed by atoms with Gasteiger partial charge in [0.1, 0.15) is 61.8 Å². The summed E-state index contributed by atoms with van der Waals surface area (Å²) in [5.41, 5.74) is 6.39. The van der Waals surface area contributed by atoms with Crippen LogP contribution in [0.25, 0.3) is 33.5 Å². The number of Topliss-reactive ketones (excluding diaryl/α,β-unsaturated/α-hetero) is 1. The number of hydrogen-bond donors (Lipinski definition) is 1. The van der Waals surface area contributed by atoms with E-state index in [2.05, 4.69) is 70.7 Å². The fourth-order valence-corrected chi connectivity index (χ4v) is 19.2. The molecule has 122 heavy (non-hydrogen) atoms. The number of rotatable bonds is 20. The Labute approximate surface area is 750 Å². The van der Waals surface area contributed by atoms with Gasteiger partial charge in [-0.1, -0.05) is 93.6 Å². The number of carbonyl (C=O) groups excluding carboxylic acids is 1. The van der Waals surface area contributed by atoms with Crippen molar-refractivity contribution in [3.63, 3.8) is 0 Å². The van der Waals surface area contributed by atoms with E-state index < -0.39 is 0 Å². The summed E-state index contributed by atoms with van der Waals surface area (Å²) in [6.45, 7) is 23.0. The van der Waals surface area contributed by atoms with Crippen molar-refractivity contribution >= 4 is 180 Å². The Morgan fingerprint density at radius 3 is 1.22 bits per heavy atom. The highest BCUT2D eigenvalue weighted by atomic mass is 32.2. The number of aryl methyl sites for hydroxylation is 5. The van der Waals surface area contributed by atoms with Crippen LogP contribution in [0.15, 0.2) is 62.7 Å². The van der Waals surface area contributed by atoms with Crippen LogP contribution in [0.3, 0.4) is 0 Å². The molecule has 7 aliphatic rings. The SMILES string of the molecule is CCCCn1cnc2c1c(=S)n(C)c(=O)n2C.CCCn1cnc2c1c(=S)n(C)c(=O)n2C.CN1CCN(CCSC2=Nc3c(c(=S)n(C)c(=O)n3C)C2)CC1.COCCn1c2c(c(=S)n(C)c1=O)CC(SCCN1CCOCC1)=N2.Cn1c(=S)c2c(ncn2CC(=O)C2CC2)n(C)c1=O.Cn1c2c(c(=S)n(C)c1=O)CC(SCCN1CCNCC1)=N2. The number of aromatic nitrogens is 18. The van der Waals surface area contributed by atoms with Gasteiger partial charge in [0.15, 0.2) is 22.7 Å². The quantitative estimate of drug-likeness (QED) is 0.0795. The molecule has 1 saturated carbocycles. The first-order valence-corrected chi connectivity index (χ1v) is 46.2. The Morgan fingerprint density at radius 1 is 0.434 bits per heavy atom. The first-order valence-electron chi connectivity index (χ1n) is 40.8. The van der Waals surface area contributed by atoms with Crippen molar-refractivity contribution < 1.29 is 14.3 Å². The van der Waals surface area contributed by atoms with Crippen molar-refractivity contribution in [3.05, 3.63) is 126 Å². The van der Waals surface area contributed by atoms with Gasteiger partial charge in [-0.3, -0.25) is 74.3 Å². The van der Waals surface area contributed by atoms with Gasteiger partial charge in [-0.05, 0) is 32.7 Å². The fourth-order valence-electron chi connectivity index (χ4n) is 14.7. The number of hydrogen-bond acceptors (Lipinski definition) is 29. The number of morpholine rings is 1. The summed E-state index contributed by atoms with van der Waals surface area (Å²) in [4.78, 5) is 121. The third-order valence-corrected chi connectivity index (χ3v) is 28.2. The number of ketones is 1. The second-order valence-electron chi connectivity index (χ2n) is 30.9. The Bertz CT molecular complexity index is 6270. The highest BCUT2D eigenvalue weighted by Gasteiger charge is 2.31. The molecular weight excluding hydrogens is 1730 g/mol. The molecule has 6 aliphatic heterocycles. The van der Waals surface area contributed by atoms with E-state index in [-0.39, 0.29) is 52.4 Å². The maximum atomic E-state index is 12.5. The minimum absolute atomic E-state index is 0.110. The molecule has 15 heterocycles. The van der Waals surface area contributed by atoms with Crippen LogP contribution in [0, 0.1) is 33.8 Å². The highest BCUT2D eigenvalue weighted by molar-refractivity contribution is 8.14. The van der Waals surface area contributed by atoms with Gasteiger partial charge in [-0.2, -0.15) is 0 Å². The number of methoxy groups -OCH3 is 1. The molecule has 9 aromatic rings. The van der Waals surface area contributed by atoms with Gasteiger partial charge in [0.25, 0.3) is 0 Å².